The Morgan fingerprint density at radius 2 is 1.89 bits per heavy atom. The van der Waals surface area contributed by atoms with Crippen LogP contribution in [-0.2, 0) is 0 Å². The Balaban J connectivity index is 2.10. The van der Waals surface area contributed by atoms with Crippen molar-refractivity contribution in [2.75, 3.05) is 13.1 Å². The van der Waals surface area contributed by atoms with Crippen LogP contribution in [0, 0.1) is 22.7 Å². The summed E-state index contributed by atoms with van der Waals surface area (Å²) in [5.41, 5.74) is 0.0576. The number of carboxylic acid groups (broad SMARTS) is 1. The van der Waals surface area contributed by atoms with Crippen molar-refractivity contribution < 1.29 is 9.90 Å². The van der Waals surface area contributed by atoms with Crippen LogP contribution in [0.1, 0.15) is 44.9 Å². The summed E-state index contributed by atoms with van der Waals surface area (Å²) in [4.78, 5) is 12.5. The van der Waals surface area contributed by atoms with E-state index >= 15 is 0 Å². The zero-order chi connectivity index (χ0) is 13.7. The molecule has 19 heavy (non-hydrogen) atoms. The molecule has 0 aromatic rings. The van der Waals surface area contributed by atoms with E-state index in [1.54, 1.807) is 6.08 Å². The summed E-state index contributed by atoms with van der Waals surface area (Å²) in [7, 11) is 0. The standard InChI is InChI=1S/C15H22N2O2/c16-10-4-7-15(13-5-2-1-3-6-13)8-11-17(12-9-15)14(18)19/h4,7,13H,1-3,5-6,8-9,11-12H2,(H,18,19). The fourth-order valence-electron chi connectivity index (χ4n) is 3.71. The minimum atomic E-state index is -0.818. The van der Waals surface area contributed by atoms with Gasteiger partial charge in [-0.05, 0) is 37.0 Å². The Kier molecular flexibility index (Phi) is 4.47. The molecule has 0 radical (unpaired) electrons. The molecule has 1 N–H and O–H groups in total. The number of rotatable bonds is 2. The predicted octanol–water partition coefficient (Wildman–Crippen LogP) is 3.41. The summed E-state index contributed by atoms with van der Waals surface area (Å²) in [6.07, 6.45) is 10.9. The fourth-order valence-corrected chi connectivity index (χ4v) is 3.71. The largest absolute Gasteiger partial charge is 0.465 e. The maximum absolute atomic E-state index is 11.0. The minimum Gasteiger partial charge on any atom is -0.465 e. The summed E-state index contributed by atoms with van der Waals surface area (Å²) in [5.74, 6) is 0.627. The van der Waals surface area contributed by atoms with Crippen LogP contribution in [-0.4, -0.2) is 29.2 Å². The normalized spacial score (nSPS) is 24.3. The van der Waals surface area contributed by atoms with Crippen molar-refractivity contribution in [1.82, 2.24) is 4.90 Å². The highest BCUT2D eigenvalue weighted by Crippen LogP contribution is 2.46. The van der Waals surface area contributed by atoms with Crippen LogP contribution in [0.4, 0.5) is 4.79 Å². The average Bonchev–Trinajstić information content (AvgIpc) is 2.46. The highest BCUT2D eigenvalue weighted by Gasteiger charge is 2.40. The molecule has 2 fully saturated rings. The van der Waals surface area contributed by atoms with E-state index in [1.807, 2.05) is 0 Å². The van der Waals surface area contributed by atoms with E-state index in [1.165, 1.54) is 37.0 Å². The van der Waals surface area contributed by atoms with Crippen molar-refractivity contribution >= 4 is 6.09 Å². The molecule has 1 heterocycles. The number of carbonyl (C=O) groups is 1. The number of likely N-dealkylation sites (tertiary alicyclic amines) is 1. The Morgan fingerprint density at radius 1 is 1.26 bits per heavy atom. The number of piperidine rings is 1. The zero-order valence-electron chi connectivity index (χ0n) is 11.3. The number of hydrogen-bond acceptors (Lipinski definition) is 2. The molecule has 0 atom stereocenters. The van der Waals surface area contributed by atoms with Crippen molar-refractivity contribution in [3.8, 4) is 6.07 Å². The van der Waals surface area contributed by atoms with Crippen LogP contribution in [0.2, 0.25) is 0 Å². The van der Waals surface area contributed by atoms with Crippen molar-refractivity contribution in [2.45, 2.75) is 44.9 Å². The van der Waals surface area contributed by atoms with Gasteiger partial charge in [-0.25, -0.2) is 4.79 Å². The van der Waals surface area contributed by atoms with Gasteiger partial charge in [-0.2, -0.15) is 5.26 Å². The lowest BCUT2D eigenvalue weighted by molar-refractivity contribution is 0.0658. The smallest absolute Gasteiger partial charge is 0.407 e. The molecule has 0 aromatic carbocycles. The van der Waals surface area contributed by atoms with Crippen LogP contribution in [0.15, 0.2) is 12.2 Å². The highest BCUT2D eigenvalue weighted by atomic mass is 16.4. The van der Waals surface area contributed by atoms with E-state index in [-0.39, 0.29) is 5.41 Å². The van der Waals surface area contributed by atoms with Crippen molar-refractivity contribution in [1.29, 1.82) is 5.26 Å². The summed E-state index contributed by atoms with van der Waals surface area (Å²) >= 11 is 0. The number of nitrogens with zero attached hydrogens (tertiary/aromatic N) is 2. The average molecular weight is 262 g/mol. The molecule has 2 aliphatic rings. The molecule has 1 saturated heterocycles. The van der Waals surface area contributed by atoms with Crippen molar-refractivity contribution in [2.24, 2.45) is 11.3 Å². The minimum absolute atomic E-state index is 0.0576. The first-order chi connectivity index (χ1) is 9.18. The predicted molar refractivity (Wildman–Crippen MR) is 72.6 cm³/mol. The van der Waals surface area contributed by atoms with E-state index in [0.717, 1.165) is 12.8 Å². The highest BCUT2D eigenvalue weighted by molar-refractivity contribution is 5.65. The van der Waals surface area contributed by atoms with Crippen molar-refractivity contribution in [3.63, 3.8) is 0 Å². The van der Waals surface area contributed by atoms with Crippen LogP contribution < -0.4 is 0 Å². The maximum atomic E-state index is 11.0. The van der Waals surface area contributed by atoms with Gasteiger partial charge in [0.15, 0.2) is 0 Å². The van der Waals surface area contributed by atoms with Gasteiger partial charge < -0.3 is 10.0 Å². The molecule has 4 nitrogen and oxygen atoms in total. The first-order valence-electron chi connectivity index (χ1n) is 7.23. The third-order valence-electron chi connectivity index (χ3n) is 4.87. The molecule has 4 heteroatoms. The lowest BCUT2D eigenvalue weighted by Gasteiger charge is -2.45. The molecule has 1 saturated carbocycles. The first kappa shape index (κ1) is 13.9. The molecular formula is C15H22N2O2. The van der Waals surface area contributed by atoms with Gasteiger partial charge in [0, 0.05) is 19.2 Å². The molecule has 104 valence electrons. The third-order valence-corrected chi connectivity index (χ3v) is 4.87. The summed E-state index contributed by atoms with van der Waals surface area (Å²) in [6, 6.07) is 2.10. The molecular weight excluding hydrogens is 240 g/mol. The van der Waals surface area contributed by atoms with E-state index < -0.39 is 6.09 Å². The van der Waals surface area contributed by atoms with Gasteiger partial charge >= 0.3 is 6.09 Å². The maximum Gasteiger partial charge on any atom is 0.407 e. The molecule has 2 rings (SSSR count). The van der Waals surface area contributed by atoms with Gasteiger partial charge in [0.2, 0.25) is 0 Å². The van der Waals surface area contributed by atoms with Crippen LogP contribution >= 0.6 is 0 Å². The van der Waals surface area contributed by atoms with Gasteiger partial charge in [-0.3, -0.25) is 0 Å². The molecule has 0 spiro atoms. The second-order valence-electron chi connectivity index (χ2n) is 5.80. The third kappa shape index (κ3) is 3.09. The Hall–Kier alpha value is -1.50. The lowest BCUT2D eigenvalue weighted by atomic mass is 9.63. The summed E-state index contributed by atoms with van der Waals surface area (Å²) in [6.45, 7) is 1.20. The summed E-state index contributed by atoms with van der Waals surface area (Å²) in [5, 5.41) is 17.9. The molecule has 1 amide bonds. The monoisotopic (exact) mass is 262 g/mol. The van der Waals surface area contributed by atoms with E-state index in [9.17, 15) is 4.79 Å². The van der Waals surface area contributed by atoms with E-state index in [4.69, 9.17) is 10.4 Å². The zero-order valence-corrected chi connectivity index (χ0v) is 11.3. The number of nitriles is 1. The molecule has 1 aliphatic carbocycles. The van der Waals surface area contributed by atoms with E-state index in [2.05, 4.69) is 12.1 Å². The van der Waals surface area contributed by atoms with E-state index in [0.29, 0.717) is 19.0 Å². The Labute approximate surface area is 114 Å². The second-order valence-corrected chi connectivity index (χ2v) is 5.80. The molecule has 1 aliphatic heterocycles. The van der Waals surface area contributed by atoms with Gasteiger partial charge in [0.1, 0.15) is 0 Å². The Morgan fingerprint density at radius 3 is 2.42 bits per heavy atom. The Bertz CT molecular complexity index is 383. The number of amides is 1. The van der Waals surface area contributed by atoms with Gasteiger partial charge in [-0.15, -0.1) is 0 Å². The number of hydrogen-bond donors (Lipinski definition) is 1. The summed E-state index contributed by atoms with van der Waals surface area (Å²) < 4.78 is 0. The van der Waals surface area contributed by atoms with Gasteiger partial charge in [0.25, 0.3) is 0 Å². The topological polar surface area (TPSA) is 64.3 Å². The second kappa shape index (κ2) is 6.10. The van der Waals surface area contributed by atoms with Gasteiger partial charge in [0.05, 0.1) is 6.07 Å². The molecule has 0 unspecified atom stereocenters. The number of allylic oxidation sites excluding steroid dienone is 2. The first-order valence-corrected chi connectivity index (χ1v) is 7.23. The van der Waals surface area contributed by atoms with Crippen LogP contribution in [0.5, 0.6) is 0 Å². The van der Waals surface area contributed by atoms with Crippen LogP contribution in [0.3, 0.4) is 0 Å². The van der Waals surface area contributed by atoms with Gasteiger partial charge in [-0.1, -0.05) is 25.3 Å². The SMILES string of the molecule is N#CC=CC1(C2CCCCC2)CCN(C(=O)O)CC1. The molecule has 0 aromatic heterocycles. The van der Waals surface area contributed by atoms with Crippen molar-refractivity contribution in [3.05, 3.63) is 12.2 Å². The van der Waals surface area contributed by atoms with Crippen LogP contribution in [0.25, 0.3) is 0 Å². The molecule has 0 bridgehead atoms. The fraction of sp³-hybridized carbons (Fsp3) is 0.733. The lowest BCUT2D eigenvalue weighted by Crippen LogP contribution is -2.45. The quantitative estimate of drug-likeness (QED) is 0.776.